The molecule has 5 heterocycles. The summed E-state index contributed by atoms with van der Waals surface area (Å²) in [6.45, 7) is 0. The molecule has 5 nitrogen and oxygen atoms in total. The van der Waals surface area contributed by atoms with Crippen molar-refractivity contribution >= 4 is 65.2 Å². The fourth-order valence-electron chi connectivity index (χ4n) is 7.60. The quantitative estimate of drug-likeness (QED) is 0.136. The highest BCUT2D eigenvalue weighted by Crippen LogP contribution is 2.35. The van der Waals surface area contributed by atoms with Crippen LogP contribution >= 0.6 is 0 Å². The second-order valence-electron chi connectivity index (χ2n) is 13.8. The standard InChI is InChI=1S/C49H29N5/c1-3-9-34-28-46-36(23-32(34)7-1)16-19-41(51-46)38-25-39(42-20-17-37-24-33-8-2-4-10-35(33)29-47(37)52-42)27-40(26-38)43-18-14-30-12-13-31-15-21-45(44-11-5-6-22-50-44)54-49(31)48(30)53-43/h1-29H. The fourth-order valence-corrected chi connectivity index (χ4v) is 7.60. The molecule has 0 saturated heterocycles. The van der Waals surface area contributed by atoms with Gasteiger partial charge in [-0.2, -0.15) is 0 Å². The first kappa shape index (κ1) is 30.3. The molecule has 0 amide bonds. The third-order valence-electron chi connectivity index (χ3n) is 10.4. The van der Waals surface area contributed by atoms with Crippen molar-refractivity contribution < 1.29 is 0 Å². The van der Waals surface area contributed by atoms with Gasteiger partial charge in [0.2, 0.25) is 0 Å². The van der Waals surface area contributed by atoms with Crippen molar-refractivity contribution in [3.05, 3.63) is 176 Å². The number of nitrogens with zero attached hydrogens (tertiary/aromatic N) is 5. The highest BCUT2D eigenvalue weighted by molar-refractivity contribution is 6.04. The van der Waals surface area contributed by atoms with Crippen LogP contribution in [0.5, 0.6) is 0 Å². The van der Waals surface area contributed by atoms with Crippen molar-refractivity contribution in [2.24, 2.45) is 0 Å². The Hall–Kier alpha value is -7.37. The van der Waals surface area contributed by atoms with E-state index in [-0.39, 0.29) is 0 Å². The molecule has 0 spiro atoms. The van der Waals surface area contributed by atoms with E-state index in [2.05, 4.69) is 151 Å². The number of hydrogen-bond donors (Lipinski definition) is 0. The molecular weight excluding hydrogens is 659 g/mol. The Morgan fingerprint density at radius 2 is 0.667 bits per heavy atom. The third-order valence-corrected chi connectivity index (χ3v) is 10.4. The van der Waals surface area contributed by atoms with Crippen LogP contribution in [-0.2, 0) is 0 Å². The summed E-state index contributed by atoms with van der Waals surface area (Å²) >= 11 is 0. The van der Waals surface area contributed by atoms with E-state index in [4.69, 9.17) is 19.9 Å². The second-order valence-corrected chi connectivity index (χ2v) is 13.8. The molecule has 0 aliphatic carbocycles. The first-order valence-corrected chi connectivity index (χ1v) is 18.1. The molecule has 0 N–H and O–H groups in total. The minimum absolute atomic E-state index is 0.817. The summed E-state index contributed by atoms with van der Waals surface area (Å²) in [6, 6.07) is 59.3. The van der Waals surface area contributed by atoms with Gasteiger partial charge in [-0.15, -0.1) is 0 Å². The predicted octanol–water partition coefficient (Wildman–Crippen LogP) is 12.2. The summed E-state index contributed by atoms with van der Waals surface area (Å²) in [5, 5.41) is 9.03. The van der Waals surface area contributed by atoms with Crippen LogP contribution in [0.4, 0.5) is 0 Å². The monoisotopic (exact) mass is 687 g/mol. The maximum atomic E-state index is 5.32. The molecule has 0 atom stereocenters. The lowest BCUT2D eigenvalue weighted by atomic mass is 9.97. The smallest absolute Gasteiger partial charge is 0.0973 e. The summed E-state index contributed by atoms with van der Waals surface area (Å²) < 4.78 is 0. The molecular formula is C49H29N5. The van der Waals surface area contributed by atoms with Crippen molar-refractivity contribution in [2.45, 2.75) is 0 Å². The molecule has 54 heavy (non-hydrogen) atoms. The van der Waals surface area contributed by atoms with Crippen LogP contribution < -0.4 is 0 Å². The Labute approximate surface area is 310 Å². The minimum Gasteiger partial charge on any atom is -0.255 e. The average Bonchev–Trinajstić information content (AvgIpc) is 3.24. The Bertz CT molecular complexity index is 3150. The van der Waals surface area contributed by atoms with Crippen LogP contribution in [0.1, 0.15) is 0 Å². The molecule has 0 aliphatic rings. The van der Waals surface area contributed by atoms with E-state index in [1.54, 1.807) is 6.20 Å². The Morgan fingerprint density at radius 1 is 0.259 bits per heavy atom. The van der Waals surface area contributed by atoms with E-state index in [1.807, 2.05) is 24.3 Å². The minimum atomic E-state index is 0.817. The van der Waals surface area contributed by atoms with Gasteiger partial charge in [0.1, 0.15) is 0 Å². The maximum Gasteiger partial charge on any atom is 0.0973 e. The number of hydrogen-bond acceptors (Lipinski definition) is 5. The van der Waals surface area contributed by atoms with Gasteiger partial charge in [-0.05, 0) is 100 Å². The summed E-state index contributed by atoms with van der Waals surface area (Å²) in [4.78, 5) is 25.4. The lowest BCUT2D eigenvalue weighted by Crippen LogP contribution is -1.94. The highest BCUT2D eigenvalue weighted by Gasteiger charge is 2.14. The van der Waals surface area contributed by atoms with Gasteiger partial charge >= 0.3 is 0 Å². The van der Waals surface area contributed by atoms with Gasteiger partial charge in [0.15, 0.2) is 0 Å². The fraction of sp³-hybridized carbons (Fsp3) is 0. The molecule has 0 radical (unpaired) electrons. The van der Waals surface area contributed by atoms with Gasteiger partial charge in [0.05, 0.1) is 50.5 Å². The summed E-state index contributed by atoms with van der Waals surface area (Å²) in [5.41, 5.74) is 10.8. The van der Waals surface area contributed by atoms with Crippen LogP contribution in [0.25, 0.3) is 110 Å². The zero-order chi connectivity index (χ0) is 35.6. The predicted molar refractivity (Wildman–Crippen MR) is 222 cm³/mol. The van der Waals surface area contributed by atoms with Crippen molar-refractivity contribution in [3.63, 3.8) is 0 Å². The molecule has 5 aromatic heterocycles. The van der Waals surface area contributed by atoms with E-state index in [9.17, 15) is 0 Å². The number of benzene rings is 6. The van der Waals surface area contributed by atoms with Crippen molar-refractivity contribution in [1.82, 2.24) is 24.9 Å². The van der Waals surface area contributed by atoms with Gasteiger partial charge in [0, 0.05) is 44.4 Å². The Balaban J connectivity index is 1.11. The largest absolute Gasteiger partial charge is 0.255 e. The molecule has 0 fully saturated rings. The maximum absolute atomic E-state index is 5.32. The number of fused-ring (bicyclic) bond motifs is 7. The normalized spacial score (nSPS) is 11.7. The van der Waals surface area contributed by atoms with E-state index >= 15 is 0 Å². The van der Waals surface area contributed by atoms with E-state index in [1.165, 1.54) is 21.5 Å². The van der Waals surface area contributed by atoms with Gasteiger partial charge < -0.3 is 0 Å². The second kappa shape index (κ2) is 12.1. The molecule has 0 saturated carbocycles. The lowest BCUT2D eigenvalue weighted by Gasteiger charge is -2.13. The molecule has 6 aromatic carbocycles. The molecule has 0 unspecified atom stereocenters. The molecule has 5 heteroatoms. The zero-order valence-electron chi connectivity index (χ0n) is 29.0. The van der Waals surface area contributed by atoms with Gasteiger partial charge in [0.25, 0.3) is 0 Å². The van der Waals surface area contributed by atoms with Crippen LogP contribution in [-0.4, -0.2) is 24.9 Å². The Kier molecular flexibility index (Phi) is 6.79. The molecule has 11 rings (SSSR count). The van der Waals surface area contributed by atoms with Gasteiger partial charge in [-0.3, -0.25) is 4.98 Å². The average molecular weight is 688 g/mol. The summed E-state index contributed by atoms with van der Waals surface area (Å²) in [6.07, 6.45) is 1.80. The Morgan fingerprint density at radius 3 is 1.17 bits per heavy atom. The van der Waals surface area contributed by atoms with E-state index in [0.717, 1.165) is 88.8 Å². The first-order chi connectivity index (χ1) is 26.7. The SMILES string of the molecule is c1ccc(-c2ccc3ccc4ccc(-c5cc(-c6ccc7cc8ccccc8cc7n6)cc(-c6ccc7cc8ccccc8cc7n6)c5)nc4c3n2)nc1. The summed E-state index contributed by atoms with van der Waals surface area (Å²) in [5.74, 6) is 0. The van der Waals surface area contributed by atoms with Crippen LogP contribution in [0.2, 0.25) is 0 Å². The molecule has 0 aliphatic heterocycles. The van der Waals surface area contributed by atoms with Crippen LogP contribution in [0.15, 0.2) is 176 Å². The molecule has 11 aromatic rings. The summed E-state index contributed by atoms with van der Waals surface area (Å²) in [7, 11) is 0. The first-order valence-electron chi connectivity index (χ1n) is 18.1. The lowest BCUT2D eigenvalue weighted by molar-refractivity contribution is 1.27. The number of rotatable bonds is 4. The van der Waals surface area contributed by atoms with Crippen molar-refractivity contribution in [3.8, 4) is 45.2 Å². The highest BCUT2D eigenvalue weighted by atomic mass is 14.8. The van der Waals surface area contributed by atoms with E-state index in [0.29, 0.717) is 0 Å². The van der Waals surface area contributed by atoms with Crippen molar-refractivity contribution in [1.29, 1.82) is 0 Å². The third kappa shape index (κ3) is 5.22. The van der Waals surface area contributed by atoms with Crippen LogP contribution in [0, 0.1) is 0 Å². The van der Waals surface area contributed by atoms with Crippen molar-refractivity contribution in [2.75, 3.05) is 0 Å². The molecule has 0 bridgehead atoms. The number of aromatic nitrogens is 5. The molecule has 250 valence electrons. The number of pyridine rings is 5. The van der Waals surface area contributed by atoms with E-state index < -0.39 is 0 Å². The topological polar surface area (TPSA) is 64.5 Å². The van der Waals surface area contributed by atoms with Crippen LogP contribution in [0.3, 0.4) is 0 Å². The van der Waals surface area contributed by atoms with Gasteiger partial charge in [-0.25, -0.2) is 19.9 Å². The van der Waals surface area contributed by atoms with Gasteiger partial charge in [-0.1, -0.05) is 91.0 Å². The zero-order valence-corrected chi connectivity index (χ0v) is 29.0.